The lowest BCUT2D eigenvalue weighted by Crippen LogP contribution is -1.99. The van der Waals surface area contributed by atoms with Gasteiger partial charge >= 0.3 is 0 Å². The van der Waals surface area contributed by atoms with Gasteiger partial charge in [-0.2, -0.15) is 0 Å². The van der Waals surface area contributed by atoms with Crippen molar-refractivity contribution < 1.29 is 0 Å². The van der Waals surface area contributed by atoms with Gasteiger partial charge in [0.05, 0.1) is 0 Å². The Hall–Kier alpha value is -2.75. The highest BCUT2D eigenvalue weighted by atomic mass is 15.5. The third kappa shape index (κ3) is 3.13. The van der Waals surface area contributed by atoms with Crippen molar-refractivity contribution in [3.05, 3.63) is 75.6 Å². The standard InChI is InChI=1S/C20H22N4/c1-13-6-8-17(15(3)10-13)19(12-20-21-22-23-24(20)5)18-9-7-14(2)11-16(18)4/h6-12H,1-5H3. The second-order valence-corrected chi connectivity index (χ2v) is 6.36. The van der Waals surface area contributed by atoms with Crippen molar-refractivity contribution in [1.29, 1.82) is 0 Å². The highest BCUT2D eigenvalue weighted by molar-refractivity contribution is 5.92. The SMILES string of the molecule is Cc1ccc(C(=Cc2nnnn2C)c2ccc(C)cc2C)c(C)c1. The monoisotopic (exact) mass is 318 g/mol. The van der Waals surface area contributed by atoms with E-state index in [0.29, 0.717) is 0 Å². The van der Waals surface area contributed by atoms with Crippen LogP contribution in [-0.2, 0) is 7.05 Å². The average Bonchev–Trinajstić information content (AvgIpc) is 2.91. The molecule has 2 aromatic carbocycles. The Labute approximate surface area is 142 Å². The van der Waals surface area contributed by atoms with Crippen LogP contribution in [0.25, 0.3) is 11.6 Å². The molecule has 24 heavy (non-hydrogen) atoms. The van der Waals surface area contributed by atoms with Crippen LogP contribution < -0.4 is 0 Å². The van der Waals surface area contributed by atoms with Gasteiger partial charge in [-0.15, -0.1) is 5.10 Å². The quantitative estimate of drug-likeness (QED) is 0.732. The average molecular weight is 318 g/mol. The van der Waals surface area contributed by atoms with Gasteiger partial charge in [-0.05, 0) is 72.0 Å². The van der Waals surface area contributed by atoms with Crippen molar-refractivity contribution >= 4 is 11.6 Å². The molecule has 4 nitrogen and oxygen atoms in total. The summed E-state index contributed by atoms with van der Waals surface area (Å²) in [5.41, 5.74) is 8.56. The lowest BCUT2D eigenvalue weighted by atomic mass is 9.90. The fraction of sp³-hybridized carbons (Fsp3) is 0.250. The lowest BCUT2D eigenvalue weighted by molar-refractivity contribution is 0.706. The summed E-state index contributed by atoms with van der Waals surface area (Å²) in [7, 11) is 1.85. The summed E-state index contributed by atoms with van der Waals surface area (Å²) < 4.78 is 1.69. The van der Waals surface area contributed by atoms with Gasteiger partial charge in [0.1, 0.15) is 0 Å². The molecular formula is C20H22N4. The summed E-state index contributed by atoms with van der Waals surface area (Å²) in [6, 6.07) is 13.1. The van der Waals surface area contributed by atoms with Gasteiger partial charge in [0.25, 0.3) is 0 Å². The van der Waals surface area contributed by atoms with Crippen molar-refractivity contribution in [2.24, 2.45) is 7.05 Å². The molecule has 4 heteroatoms. The first-order valence-corrected chi connectivity index (χ1v) is 8.05. The minimum Gasteiger partial charge on any atom is -0.229 e. The van der Waals surface area contributed by atoms with Gasteiger partial charge in [0.15, 0.2) is 5.82 Å². The van der Waals surface area contributed by atoms with E-state index in [1.807, 2.05) is 7.05 Å². The van der Waals surface area contributed by atoms with Crippen molar-refractivity contribution in [3.63, 3.8) is 0 Å². The summed E-state index contributed by atoms with van der Waals surface area (Å²) in [5.74, 6) is 0.741. The lowest BCUT2D eigenvalue weighted by Gasteiger charge is -2.15. The molecule has 0 fully saturated rings. The van der Waals surface area contributed by atoms with Crippen LogP contribution in [0.1, 0.15) is 39.2 Å². The molecule has 0 N–H and O–H groups in total. The van der Waals surface area contributed by atoms with Crippen LogP contribution in [0, 0.1) is 27.7 Å². The van der Waals surface area contributed by atoms with Crippen LogP contribution in [0.4, 0.5) is 0 Å². The number of rotatable bonds is 3. The summed E-state index contributed by atoms with van der Waals surface area (Å²) in [6.07, 6.45) is 2.06. The van der Waals surface area contributed by atoms with Gasteiger partial charge in [-0.25, -0.2) is 4.68 Å². The van der Waals surface area contributed by atoms with Gasteiger partial charge in [0.2, 0.25) is 0 Å². The molecule has 0 spiro atoms. The van der Waals surface area contributed by atoms with E-state index in [1.54, 1.807) is 4.68 Å². The number of benzene rings is 2. The van der Waals surface area contributed by atoms with Crippen molar-refractivity contribution in [3.8, 4) is 0 Å². The van der Waals surface area contributed by atoms with Gasteiger partial charge in [-0.1, -0.05) is 47.5 Å². The molecule has 0 atom stereocenters. The van der Waals surface area contributed by atoms with E-state index in [4.69, 9.17) is 0 Å². The molecule has 0 bridgehead atoms. The zero-order valence-electron chi connectivity index (χ0n) is 14.8. The number of hydrogen-bond acceptors (Lipinski definition) is 3. The Morgan fingerprint density at radius 1 is 0.875 bits per heavy atom. The summed E-state index contributed by atoms with van der Waals surface area (Å²) in [6.45, 7) is 8.52. The highest BCUT2D eigenvalue weighted by Crippen LogP contribution is 2.31. The molecule has 1 aromatic heterocycles. The summed E-state index contributed by atoms with van der Waals surface area (Å²) >= 11 is 0. The van der Waals surface area contributed by atoms with E-state index in [9.17, 15) is 0 Å². The van der Waals surface area contributed by atoms with Gasteiger partial charge < -0.3 is 0 Å². The van der Waals surface area contributed by atoms with Crippen molar-refractivity contribution in [2.45, 2.75) is 27.7 Å². The minimum absolute atomic E-state index is 0.741. The number of hydrogen-bond donors (Lipinski definition) is 0. The zero-order valence-corrected chi connectivity index (χ0v) is 14.8. The molecule has 1 heterocycles. The summed E-state index contributed by atoms with van der Waals surface area (Å²) in [5, 5.41) is 11.8. The molecule has 0 saturated carbocycles. The topological polar surface area (TPSA) is 43.6 Å². The molecule has 0 aliphatic rings. The summed E-state index contributed by atoms with van der Waals surface area (Å²) in [4.78, 5) is 0. The van der Waals surface area contributed by atoms with Crippen LogP contribution in [0.2, 0.25) is 0 Å². The number of nitrogens with zero attached hydrogens (tertiary/aromatic N) is 4. The fourth-order valence-electron chi connectivity index (χ4n) is 3.02. The van der Waals surface area contributed by atoms with Gasteiger partial charge in [-0.3, -0.25) is 0 Å². The Balaban J connectivity index is 2.25. The molecule has 0 saturated heterocycles. The minimum atomic E-state index is 0.741. The fourth-order valence-corrected chi connectivity index (χ4v) is 3.02. The zero-order chi connectivity index (χ0) is 17.3. The van der Waals surface area contributed by atoms with Crippen molar-refractivity contribution in [1.82, 2.24) is 20.2 Å². The Morgan fingerprint density at radius 2 is 1.42 bits per heavy atom. The largest absolute Gasteiger partial charge is 0.229 e. The van der Waals surface area contributed by atoms with E-state index < -0.39 is 0 Å². The van der Waals surface area contributed by atoms with Crippen molar-refractivity contribution in [2.75, 3.05) is 0 Å². The Morgan fingerprint density at radius 3 is 1.83 bits per heavy atom. The maximum Gasteiger partial charge on any atom is 0.175 e. The van der Waals surface area contributed by atoms with E-state index >= 15 is 0 Å². The normalized spacial score (nSPS) is 10.7. The smallest absolute Gasteiger partial charge is 0.175 e. The molecule has 0 aliphatic carbocycles. The Kier molecular flexibility index (Phi) is 4.30. The molecule has 0 radical (unpaired) electrons. The maximum atomic E-state index is 4.13. The number of aromatic nitrogens is 4. The molecule has 3 rings (SSSR count). The van der Waals surface area contributed by atoms with E-state index in [0.717, 1.165) is 11.4 Å². The second kappa shape index (κ2) is 6.40. The number of tetrazole rings is 1. The van der Waals surface area contributed by atoms with E-state index in [2.05, 4.69) is 85.7 Å². The highest BCUT2D eigenvalue weighted by Gasteiger charge is 2.13. The molecule has 122 valence electrons. The molecule has 0 amide bonds. The third-order valence-corrected chi connectivity index (χ3v) is 4.27. The van der Waals surface area contributed by atoms with Gasteiger partial charge in [0, 0.05) is 7.05 Å². The first-order chi connectivity index (χ1) is 11.5. The van der Waals surface area contributed by atoms with Crippen LogP contribution in [0.3, 0.4) is 0 Å². The molecule has 3 aromatic rings. The maximum absolute atomic E-state index is 4.13. The Bertz CT molecular complexity index is 866. The molecular weight excluding hydrogens is 296 g/mol. The predicted octanol–water partition coefficient (Wildman–Crippen LogP) is 4.03. The third-order valence-electron chi connectivity index (χ3n) is 4.27. The van der Waals surface area contributed by atoms with E-state index in [-0.39, 0.29) is 0 Å². The van der Waals surface area contributed by atoms with E-state index in [1.165, 1.54) is 33.4 Å². The van der Waals surface area contributed by atoms with Crippen LogP contribution in [-0.4, -0.2) is 20.2 Å². The predicted molar refractivity (Wildman–Crippen MR) is 97.6 cm³/mol. The van der Waals surface area contributed by atoms with Crippen LogP contribution in [0.5, 0.6) is 0 Å². The van der Waals surface area contributed by atoms with Crippen LogP contribution >= 0.6 is 0 Å². The second-order valence-electron chi connectivity index (χ2n) is 6.36. The van der Waals surface area contributed by atoms with Crippen LogP contribution in [0.15, 0.2) is 36.4 Å². The first-order valence-electron chi connectivity index (χ1n) is 8.05. The molecule has 0 aliphatic heterocycles. The number of aryl methyl sites for hydroxylation is 5. The first kappa shape index (κ1) is 16.1. The molecule has 0 unspecified atom stereocenters.